The number of furan rings is 1. The second-order valence-corrected chi connectivity index (χ2v) is 5.58. The molecule has 2 aromatic rings. The minimum atomic E-state index is -0.970. The van der Waals surface area contributed by atoms with Crippen LogP contribution in [0.15, 0.2) is 28.7 Å². The average Bonchev–Trinajstić information content (AvgIpc) is 2.89. The summed E-state index contributed by atoms with van der Waals surface area (Å²) in [6, 6.07) is 5.92. The van der Waals surface area contributed by atoms with Gasteiger partial charge in [-0.15, -0.1) is 0 Å². The molecule has 3 rings (SSSR count). The normalized spacial score (nSPS) is 18.9. The largest absolute Gasteiger partial charge is 0.480 e. The van der Waals surface area contributed by atoms with Crippen LogP contribution in [0.25, 0.3) is 11.0 Å². The van der Waals surface area contributed by atoms with E-state index in [-0.39, 0.29) is 11.7 Å². The van der Waals surface area contributed by atoms with Gasteiger partial charge < -0.3 is 14.4 Å². The predicted octanol–water partition coefficient (Wildman–Crippen LogP) is 3.17. The summed E-state index contributed by atoms with van der Waals surface area (Å²) in [6.45, 7) is 0.438. The van der Waals surface area contributed by atoms with E-state index in [2.05, 4.69) is 0 Å². The highest BCUT2D eigenvalue weighted by Crippen LogP contribution is 2.26. The molecular weight excluding hydrogens is 294 g/mol. The number of amides is 1. The summed E-state index contributed by atoms with van der Waals surface area (Å²) in [6.07, 6.45) is 2.10. The molecule has 21 heavy (non-hydrogen) atoms. The molecule has 0 aliphatic carbocycles. The second kappa shape index (κ2) is 5.41. The van der Waals surface area contributed by atoms with Crippen molar-refractivity contribution in [2.45, 2.75) is 25.3 Å². The molecular formula is C15H14ClNO4. The molecule has 0 unspecified atom stereocenters. The van der Waals surface area contributed by atoms with Crippen LogP contribution in [0.5, 0.6) is 0 Å². The van der Waals surface area contributed by atoms with E-state index in [0.717, 1.165) is 18.2 Å². The molecule has 1 fully saturated rings. The van der Waals surface area contributed by atoms with Crippen molar-refractivity contribution in [2.24, 2.45) is 0 Å². The van der Waals surface area contributed by atoms with Crippen LogP contribution in [0.3, 0.4) is 0 Å². The van der Waals surface area contributed by atoms with Gasteiger partial charge in [0, 0.05) is 17.0 Å². The third-order valence-electron chi connectivity index (χ3n) is 3.74. The Morgan fingerprint density at radius 2 is 2.10 bits per heavy atom. The maximum Gasteiger partial charge on any atom is 0.326 e. The number of carbonyl (C=O) groups excluding carboxylic acids is 1. The highest BCUT2D eigenvalue weighted by Gasteiger charge is 2.33. The molecule has 0 bridgehead atoms. The molecule has 0 saturated carbocycles. The molecule has 1 aliphatic heterocycles. The van der Waals surface area contributed by atoms with Gasteiger partial charge in [0.05, 0.1) is 0 Å². The zero-order valence-electron chi connectivity index (χ0n) is 11.2. The Morgan fingerprint density at radius 1 is 1.29 bits per heavy atom. The number of fused-ring (bicyclic) bond motifs is 1. The molecule has 1 aromatic carbocycles. The number of rotatable bonds is 2. The fraction of sp³-hybridized carbons (Fsp3) is 0.333. The molecule has 2 heterocycles. The number of carboxylic acid groups (broad SMARTS) is 1. The van der Waals surface area contributed by atoms with Crippen LogP contribution in [0, 0.1) is 0 Å². The number of hydrogen-bond acceptors (Lipinski definition) is 3. The minimum Gasteiger partial charge on any atom is -0.480 e. The lowest BCUT2D eigenvalue weighted by atomic mass is 10.0. The Balaban J connectivity index is 1.93. The summed E-state index contributed by atoms with van der Waals surface area (Å²) in [5.74, 6) is -1.20. The lowest BCUT2D eigenvalue weighted by Crippen LogP contribution is -2.47. The van der Waals surface area contributed by atoms with Crippen molar-refractivity contribution in [3.05, 3.63) is 35.0 Å². The molecule has 1 N–H and O–H groups in total. The summed E-state index contributed by atoms with van der Waals surface area (Å²) in [7, 11) is 0. The van der Waals surface area contributed by atoms with Crippen LogP contribution < -0.4 is 0 Å². The van der Waals surface area contributed by atoms with Crippen molar-refractivity contribution < 1.29 is 19.1 Å². The zero-order valence-corrected chi connectivity index (χ0v) is 12.0. The molecule has 5 nitrogen and oxygen atoms in total. The van der Waals surface area contributed by atoms with E-state index in [0.29, 0.717) is 23.6 Å². The summed E-state index contributed by atoms with van der Waals surface area (Å²) >= 11 is 5.91. The monoisotopic (exact) mass is 307 g/mol. The highest BCUT2D eigenvalue weighted by atomic mass is 35.5. The van der Waals surface area contributed by atoms with Crippen molar-refractivity contribution in [1.82, 2.24) is 4.90 Å². The van der Waals surface area contributed by atoms with Gasteiger partial charge in [-0.2, -0.15) is 0 Å². The lowest BCUT2D eigenvalue weighted by molar-refractivity contribution is -0.143. The van der Waals surface area contributed by atoms with Crippen molar-refractivity contribution in [2.75, 3.05) is 6.54 Å². The maximum absolute atomic E-state index is 12.5. The summed E-state index contributed by atoms with van der Waals surface area (Å²) in [5.41, 5.74) is 0.562. The predicted molar refractivity (Wildman–Crippen MR) is 77.5 cm³/mol. The molecule has 6 heteroatoms. The molecule has 1 saturated heterocycles. The van der Waals surface area contributed by atoms with E-state index in [1.165, 1.54) is 4.90 Å². The summed E-state index contributed by atoms with van der Waals surface area (Å²) in [5, 5.41) is 10.5. The van der Waals surface area contributed by atoms with Gasteiger partial charge in [-0.05, 0) is 43.5 Å². The van der Waals surface area contributed by atoms with Crippen LogP contribution in [0.4, 0.5) is 0 Å². The van der Waals surface area contributed by atoms with Gasteiger partial charge >= 0.3 is 5.97 Å². The number of benzene rings is 1. The molecule has 1 atom stereocenters. The van der Waals surface area contributed by atoms with E-state index in [4.69, 9.17) is 16.0 Å². The molecule has 1 aliphatic rings. The van der Waals surface area contributed by atoms with E-state index in [1.807, 2.05) is 0 Å². The Kier molecular flexibility index (Phi) is 3.59. The molecule has 1 amide bonds. The molecule has 0 radical (unpaired) electrons. The molecule has 0 spiro atoms. The Bertz CT molecular complexity index is 709. The van der Waals surface area contributed by atoms with Crippen molar-refractivity contribution in [1.29, 1.82) is 0 Å². The standard InChI is InChI=1S/C15H14ClNO4/c16-10-4-5-12-9(7-10)8-13(21-12)14(18)17-6-2-1-3-11(17)15(19)20/h4-5,7-8,11H,1-3,6H2,(H,19,20)/t11-/m1/s1. The van der Waals surface area contributed by atoms with Crippen molar-refractivity contribution in [3.8, 4) is 0 Å². The fourth-order valence-corrected chi connectivity index (χ4v) is 2.87. The number of aliphatic carboxylic acids is 1. The first kappa shape index (κ1) is 13.9. The first-order valence-corrected chi connectivity index (χ1v) is 7.17. The first-order valence-electron chi connectivity index (χ1n) is 6.79. The van der Waals surface area contributed by atoms with Crippen molar-refractivity contribution >= 4 is 34.4 Å². The second-order valence-electron chi connectivity index (χ2n) is 5.14. The third-order valence-corrected chi connectivity index (χ3v) is 3.97. The van der Waals surface area contributed by atoms with E-state index < -0.39 is 12.0 Å². The maximum atomic E-state index is 12.5. The number of halogens is 1. The Labute approximate surface area is 126 Å². The van der Waals surface area contributed by atoms with Crippen LogP contribution in [0.2, 0.25) is 5.02 Å². The van der Waals surface area contributed by atoms with Gasteiger partial charge in [-0.3, -0.25) is 4.79 Å². The number of likely N-dealkylation sites (tertiary alicyclic amines) is 1. The average molecular weight is 308 g/mol. The minimum absolute atomic E-state index is 0.153. The topological polar surface area (TPSA) is 70.8 Å². The SMILES string of the molecule is O=C(O)[C@H]1CCCCN1C(=O)c1cc2cc(Cl)ccc2o1. The smallest absolute Gasteiger partial charge is 0.326 e. The number of piperidine rings is 1. The fourth-order valence-electron chi connectivity index (χ4n) is 2.69. The highest BCUT2D eigenvalue weighted by molar-refractivity contribution is 6.31. The van der Waals surface area contributed by atoms with Gasteiger partial charge in [0.15, 0.2) is 5.76 Å². The van der Waals surface area contributed by atoms with Crippen molar-refractivity contribution in [3.63, 3.8) is 0 Å². The number of hydrogen-bond donors (Lipinski definition) is 1. The summed E-state index contributed by atoms with van der Waals surface area (Å²) in [4.78, 5) is 25.2. The lowest BCUT2D eigenvalue weighted by Gasteiger charge is -2.32. The van der Waals surface area contributed by atoms with E-state index >= 15 is 0 Å². The van der Waals surface area contributed by atoms with Crippen LogP contribution in [0.1, 0.15) is 29.8 Å². The van der Waals surface area contributed by atoms with Crippen LogP contribution in [-0.2, 0) is 4.79 Å². The number of carbonyl (C=O) groups is 2. The zero-order chi connectivity index (χ0) is 15.0. The van der Waals surface area contributed by atoms with Gasteiger partial charge in [-0.25, -0.2) is 4.79 Å². The van der Waals surface area contributed by atoms with Crippen LogP contribution >= 0.6 is 11.6 Å². The van der Waals surface area contributed by atoms with E-state index in [9.17, 15) is 14.7 Å². The third kappa shape index (κ3) is 2.61. The van der Waals surface area contributed by atoms with E-state index in [1.54, 1.807) is 24.3 Å². The summed E-state index contributed by atoms with van der Waals surface area (Å²) < 4.78 is 5.52. The van der Waals surface area contributed by atoms with Gasteiger partial charge in [0.25, 0.3) is 5.91 Å². The Morgan fingerprint density at radius 3 is 2.86 bits per heavy atom. The number of carboxylic acids is 1. The van der Waals surface area contributed by atoms with Crippen LogP contribution in [-0.4, -0.2) is 34.5 Å². The quantitative estimate of drug-likeness (QED) is 0.925. The van der Waals surface area contributed by atoms with Gasteiger partial charge in [-0.1, -0.05) is 11.6 Å². The molecule has 110 valence electrons. The number of nitrogens with zero attached hydrogens (tertiary/aromatic N) is 1. The Hall–Kier alpha value is -2.01. The first-order chi connectivity index (χ1) is 10.1. The van der Waals surface area contributed by atoms with Gasteiger partial charge in [0.2, 0.25) is 0 Å². The molecule has 1 aromatic heterocycles. The van der Waals surface area contributed by atoms with Gasteiger partial charge in [0.1, 0.15) is 11.6 Å².